The Hall–Kier alpha value is -3.47. The summed E-state index contributed by atoms with van der Waals surface area (Å²) in [6.45, 7) is 11.0. The second-order valence-corrected chi connectivity index (χ2v) is 9.30. The Kier molecular flexibility index (Phi) is 10.2. The first-order chi connectivity index (χ1) is 18.3. The summed E-state index contributed by atoms with van der Waals surface area (Å²) in [6.07, 6.45) is 0.874. The Balaban J connectivity index is 2.01. The number of para-hydroxylation sites is 1. The van der Waals surface area contributed by atoms with Gasteiger partial charge < -0.3 is 29.7 Å². The van der Waals surface area contributed by atoms with Gasteiger partial charge in [0.25, 0.3) is 0 Å². The van der Waals surface area contributed by atoms with Crippen LogP contribution in [0.5, 0.6) is 11.5 Å². The molecule has 0 radical (unpaired) electrons. The van der Waals surface area contributed by atoms with Crippen LogP contribution in [-0.2, 0) is 9.53 Å². The maximum Gasteiger partial charge on any atom is 0.338 e. The third-order valence-electron chi connectivity index (χ3n) is 6.87. The number of piperazine rings is 1. The molecular weight excluding hydrogens is 490 g/mol. The van der Waals surface area contributed by atoms with Gasteiger partial charge in [-0.3, -0.25) is 9.80 Å². The van der Waals surface area contributed by atoms with Gasteiger partial charge >= 0.3 is 18.0 Å². The number of likely N-dealkylation sites (N-methyl/N-ethyl adjacent to an activating group) is 1. The molecule has 0 saturated carbocycles. The van der Waals surface area contributed by atoms with Crippen molar-refractivity contribution in [2.24, 2.45) is 0 Å². The third kappa shape index (κ3) is 6.15. The monoisotopic (exact) mass is 531 g/mol. The first-order valence-electron chi connectivity index (χ1n) is 13.3. The molecule has 2 aliphatic heterocycles. The lowest BCUT2D eigenvalue weighted by molar-refractivity contribution is -0.139. The van der Waals surface area contributed by atoms with E-state index in [4.69, 9.17) is 14.2 Å². The molecule has 2 aliphatic rings. The fourth-order valence-corrected chi connectivity index (χ4v) is 5.05. The normalized spacial score (nSPS) is 20.2. The number of ether oxygens (including phenoxy) is 3. The molecule has 4 amide bonds. The fraction of sp³-hybridized carbons (Fsp3) is 0.593. The number of rotatable bonds is 10. The second-order valence-electron chi connectivity index (χ2n) is 9.30. The Bertz CT molecular complexity index is 1040. The summed E-state index contributed by atoms with van der Waals surface area (Å²) in [4.78, 5) is 44.9. The molecule has 1 aromatic carbocycles. The van der Waals surface area contributed by atoms with Crippen LogP contribution in [-0.4, -0.2) is 98.9 Å². The van der Waals surface area contributed by atoms with Crippen molar-refractivity contribution in [3.63, 3.8) is 0 Å². The molecule has 0 spiro atoms. The number of carbonyl (C=O) groups excluding carboxylic acids is 3. The van der Waals surface area contributed by atoms with Crippen LogP contribution in [0.1, 0.15) is 45.7 Å². The Morgan fingerprint density at radius 1 is 1.13 bits per heavy atom. The quantitative estimate of drug-likeness (QED) is 0.447. The number of nitrogens with zero attached hydrogens (tertiary/aromatic N) is 3. The van der Waals surface area contributed by atoms with E-state index in [0.29, 0.717) is 67.6 Å². The first kappa shape index (κ1) is 29.1. The smallest absolute Gasteiger partial charge is 0.338 e. The molecule has 0 aromatic heterocycles. The molecule has 1 saturated heterocycles. The highest BCUT2D eigenvalue weighted by Crippen LogP contribution is 2.40. The molecule has 1 fully saturated rings. The highest BCUT2D eigenvalue weighted by atomic mass is 16.5. The fourth-order valence-electron chi connectivity index (χ4n) is 5.05. The standard InChI is InChI=1S/C27H41N5O6/c1-7-13-28-26(34)32-15-14-30(16-18(32)4)17-20-22(25(33)38-9-3)23(29-27(35)31(20)8-2)19-11-10-12-21(36-5)24(19)37-6/h10-12,18,23H,7-9,13-17H2,1-6H3,(H,28,34)(H,29,35). The van der Waals surface area contributed by atoms with Crippen molar-refractivity contribution in [1.82, 2.24) is 25.3 Å². The lowest BCUT2D eigenvalue weighted by Crippen LogP contribution is -2.58. The Labute approximate surface area is 225 Å². The topological polar surface area (TPSA) is 113 Å². The number of benzene rings is 1. The molecule has 210 valence electrons. The summed E-state index contributed by atoms with van der Waals surface area (Å²) in [5.74, 6) is 0.432. The van der Waals surface area contributed by atoms with Gasteiger partial charge in [-0.15, -0.1) is 0 Å². The van der Waals surface area contributed by atoms with Gasteiger partial charge in [-0.1, -0.05) is 19.1 Å². The Morgan fingerprint density at radius 3 is 2.50 bits per heavy atom. The highest BCUT2D eigenvalue weighted by Gasteiger charge is 2.40. The largest absolute Gasteiger partial charge is 0.493 e. The van der Waals surface area contributed by atoms with Gasteiger partial charge in [0.15, 0.2) is 11.5 Å². The van der Waals surface area contributed by atoms with Gasteiger partial charge in [0, 0.05) is 56.6 Å². The molecule has 11 heteroatoms. The molecule has 2 atom stereocenters. The third-order valence-corrected chi connectivity index (χ3v) is 6.87. The molecule has 0 aliphatic carbocycles. The zero-order valence-electron chi connectivity index (χ0n) is 23.3. The van der Waals surface area contributed by atoms with Crippen LogP contribution in [0.2, 0.25) is 0 Å². The maximum absolute atomic E-state index is 13.5. The van der Waals surface area contributed by atoms with Crippen LogP contribution in [0.15, 0.2) is 29.5 Å². The van der Waals surface area contributed by atoms with Crippen LogP contribution in [0.25, 0.3) is 0 Å². The molecule has 2 unspecified atom stereocenters. The number of hydrogen-bond donors (Lipinski definition) is 2. The molecule has 3 rings (SSSR count). The zero-order chi connectivity index (χ0) is 27.8. The van der Waals surface area contributed by atoms with Gasteiger partial charge in [0.05, 0.1) is 32.4 Å². The van der Waals surface area contributed by atoms with Crippen molar-refractivity contribution in [2.45, 2.75) is 46.2 Å². The number of amides is 4. The predicted molar refractivity (Wildman–Crippen MR) is 143 cm³/mol. The van der Waals surface area contributed by atoms with Crippen LogP contribution < -0.4 is 20.1 Å². The number of nitrogens with one attached hydrogen (secondary N) is 2. The molecule has 11 nitrogen and oxygen atoms in total. The van der Waals surface area contributed by atoms with E-state index in [9.17, 15) is 14.4 Å². The van der Waals surface area contributed by atoms with Crippen molar-refractivity contribution in [1.29, 1.82) is 0 Å². The van der Waals surface area contributed by atoms with E-state index >= 15 is 0 Å². The zero-order valence-corrected chi connectivity index (χ0v) is 23.3. The Morgan fingerprint density at radius 2 is 1.89 bits per heavy atom. The van der Waals surface area contributed by atoms with E-state index in [0.717, 1.165) is 6.42 Å². The number of esters is 1. The molecule has 2 N–H and O–H groups in total. The van der Waals surface area contributed by atoms with Crippen molar-refractivity contribution in [3.05, 3.63) is 35.0 Å². The second kappa shape index (κ2) is 13.4. The minimum Gasteiger partial charge on any atom is -0.493 e. The van der Waals surface area contributed by atoms with Crippen LogP contribution in [0.4, 0.5) is 9.59 Å². The van der Waals surface area contributed by atoms with E-state index in [-0.39, 0.29) is 24.7 Å². The lowest BCUT2D eigenvalue weighted by atomic mass is 9.93. The van der Waals surface area contributed by atoms with Crippen molar-refractivity contribution >= 4 is 18.0 Å². The van der Waals surface area contributed by atoms with E-state index in [2.05, 4.69) is 15.5 Å². The average Bonchev–Trinajstić information content (AvgIpc) is 2.91. The van der Waals surface area contributed by atoms with Gasteiger partial charge in [0.1, 0.15) is 0 Å². The van der Waals surface area contributed by atoms with E-state index in [1.807, 2.05) is 25.7 Å². The molecule has 1 aromatic rings. The van der Waals surface area contributed by atoms with Crippen molar-refractivity contribution < 1.29 is 28.6 Å². The summed E-state index contributed by atoms with van der Waals surface area (Å²) >= 11 is 0. The number of urea groups is 2. The van der Waals surface area contributed by atoms with Crippen molar-refractivity contribution in [2.75, 3.05) is 60.1 Å². The molecule has 38 heavy (non-hydrogen) atoms. The summed E-state index contributed by atoms with van der Waals surface area (Å²) in [7, 11) is 3.06. The van der Waals surface area contributed by atoms with Crippen LogP contribution in [0.3, 0.4) is 0 Å². The van der Waals surface area contributed by atoms with E-state index in [1.165, 1.54) is 14.2 Å². The van der Waals surface area contributed by atoms with E-state index in [1.54, 1.807) is 30.0 Å². The van der Waals surface area contributed by atoms with Gasteiger partial charge in [-0.2, -0.15) is 0 Å². The number of hydrogen-bond acceptors (Lipinski definition) is 7. The van der Waals surface area contributed by atoms with Gasteiger partial charge in [-0.05, 0) is 33.3 Å². The molecule has 0 bridgehead atoms. The maximum atomic E-state index is 13.5. The number of methoxy groups -OCH3 is 2. The summed E-state index contributed by atoms with van der Waals surface area (Å²) in [5, 5.41) is 5.93. The SMILES string of the molecule is CCCNC(=O)N1CCN(CC2=C(C(=O)OCC)C(c3cccc(OC)c3OC)NC(=O)N2CC)CC1C. The molecular formula is C27H41N5O6. The van der Waals surface area contributed by atoms with Gasteiger partial charge in [-0.25, -0.2) is 14.4 Å². The van der Waals surface area contributed by atoms with Gasteiger partial charge in [0.2, 0.25) is 0 Å². The van der Waals surface area contributed by atoms with E-state index < -0.39 is 12.0 Å². The predicted octanol–water partition coefficient (Wildman–Crippen LogP) is 2.73. The number of carbonyl (C=O) groups is 3. The summed E-state index contributed by atoms with van der Waals surface area (Å²) in [6, 6.07) is 4.16. The van der Waals surface area contributed by atoms with Crippen molar-refractivity contribution in [3.8, 4) is 11.5 Å². The van der Waals surface area contributed by atoms with Crippen LogP contribution in [0, 0.1) is 0 Å². The minimum atomic E-state index is -0.789. The summed E-state index contributed by atoms with van der Waals surface area (Å²) in [5.41, 5.74) is 1.54. The minimum absolute atomic E-state index is 0.0333. The molecule has 2 heterocycles. The van der Waals surface area contributed by atoms with Crippen LogP contribution >= 0.6 is 0 Å². The average molecular weight is 532 g/mol. The first-order valence-corrected chi connectivity index (χ1v) is 13.3. The summed E-state index contributed by atoms with van der Waals surface area (Å²) < 4.78 is 16.6. The lowest BCUT2D eigenvalue weighted by Gasteiger charge is -2.42. The highest BCUT2D eigenvalue weighted by molar-refractivity contribution is 5.95.